The van der Waals surface area contributed by atoms with Crippen molar-refractivity contribution in [1.82, 2.24) is 0 Å². The lowest BCUT2D eigenvalue weighted by molar-refractivity contribution is -0.00534. The summed E-state index contributed by atoms with van der Waals surface area (Å²) in [6.07, 6.45) is 23.2. The number of fused-ring (bicyclic) bond motifs is 3. The molecule has 49 heavy (non-hydrogen) atoms. The van der Waals surface area contributed by atoms with E-state index in [9.17, 15) is 0 Å². The standard InChI is InChI=1S/C49H62/c1-28(2)43-27-47(6,44-20-37(19-42(43)44)46(3,4)5)45-38-9-7-35(48-21-29-11-30(22-48)13-31(12-29)23-48)17-40(38)41-18-36(8-10-39(41)45)49-24-32-14-33(25-49)16-34(15-32)26-49/h7-10,17-18,20,28-34,43,45H,11-16,19,21-27H2,1-6H3. The van der Waals surface area contributed by atoms with Gasteiger partial charge in [-0.2, -0.15) is 0 Å². The van der Waals surface area contributed by atoms with Gasteiger partial charge in [0.15, 0.2) is 0 Å². The van der Waals surface area contributed by atoms with Gasteiger partial charge < -0.3 is 0 Å². The van der Waals surface area contributed by atoms with E-state index in [-0.39, 0.29) is 10.8 Å². The maximum Gasteiger partial charge on any atom is 0.0196 e. The molecule has 8 bridgehead atoms. The minimum atomic E-state index is 0.141. The van der Waals surface area contributed by atoms with Gasteiger partial charge >= 0.3 is 0 Å². The molecule has 0 spiro atoms. The van der Waals surface area contributed by atoms with Crippen LogP contribution in [0.1, 0.15) is 160 Å². The third-order valence-corrected chi connectivity index (χ3v) is 17.5. The van der Waals surface area contributed by atoms with Crippen molar-refractivity contribution < 1.29 is 0 Å². The lowest BCUT2D eigenvalue weighted by atomic mass is 9.48. The van der Waals surface area contributed by atoms with Crippen LogP contribution < -0.4 is 0 Å². The molecule has 11 aliphatic carbocycles. The van der Waals surface area contributed by atoms with Crippen molar-refractivity contribution in [2.45, 2.75) is 148 Å². The number of hydrogen-bond donors (Lipinski definition) is 0. The SMILES string of the molecule is CC(C)C1CC(C)(C2c3ccc(C45CC6CC(CC(C6)C4)C5)cc3-c3cc(C45CC6CC(CC(C6)C4)C5)ccc32)C2=C1CC(C(C)(C)C)=C2. The molecule has 2 aromatic rings. The molecular weight excluding hydrogens is 589 g/mol. The second kappa shape index (κ2) is 9.86. The Morgan fingerprint density at radius 3 is 1.43 bits per heavy atom. The Hall–Kier alpha value is -2.08. The van der Waals surface area contributed by atoms with Crippen molar-refractivity contribution in [2.75, 3.05) is 0 Å². The van der Waals surface area contributed by atoms with Crippen molar-refractivity contribution >= 4 is 0 Å². The van der Waals surface area contributed by atoms with E-state index in [1.165, 1.54) is 89.9 Å². The molecule has 0 nitrogen and oxygen atoms in total. The molecule has 2 atom stereocenters. The second-order valence-corrected chi connectivity index (χ2v) is 21.9. The van der Waals surface area contributed by atoms with Crippen LogP contribution in [0.3, 0.4) is 0 Å². The minimum Gasteiger partial charge on any atom is -0.0622 e. The summed E-state index contributed by atoms with van der Waals surface area (Å²) in [4.78, 5) is 0. The molecule has 0 saturated heterocycles. The lowest BCUT2D eigenvalue weighted by Gasteiger charge is -2.57. The molecule has 8 fully saturated rings. The van der Waals surface area contributed by atoms with Crippen molar-refractivity contribution in [3.05, 3.63) is 81.4 Å². The highest BCUT2D eigenvalue weighted by molar-refractivity contribution is 5.82. The average Bonchev–Trinajstić information content (AvgIpc) is 3.70. The van der Waals surface area contributed by atoms with Crippen molar-refractivity contribution in [2.24, 2.45) is 58.2 Å². The van der Waals surface area contributed by atoms with Gasteiger partial charge in [0.05, 0.1) is 0 Å². The zero-order valence-electron chi connectivity index (χ0n) is 31.6. The smallest absolute Gasteiger partial charge is 0.0196 e. The first kappa shape index (κ1) is 30.5. The van der Waals surface area contributed by atoms with E-state index >= 15 is 0 Å². The Kier molecular flexibility index (Phi) is 6.15. The van der Waals surface area contributed by atoms with E-state index in [4.69, 9.17) is 0 Å². The summed E-state index contributed by atoms with van der Waals surface area (Å²) in [6, 6.07) is 16.4. The van der Waals surface area contributed by atoms with Crippen LogP contribution in [-0.2, 0) is 10.8 Å². The Balaban J connectivity index is 1.08. The van der Waals surface area contributed by atoms with Crippen LogP contribution in [0, 0.1) is 58.2 Å². The first-order valence-electron chi connectivity index (χ1n) is 21.1. The molecule has 8 saturated carbocycles. The molecule has 258 valence electrons. The van der Waals surface area contributed by atoms with E-state index in [2.05, 4.69) is 84.0 Å². The van der Waals surface area contributed by atoms with E-state index < -0.39 is 0 Å². The molecule has 0 aliphatic heterocycles. The summed E-state index contributed by atoms with van der Waals surface area (Å²) in [5, 5.41) is 0. The summed E-state index contributed by atoms with van der Waals surface area (Å²) in [7, 11) is 0. The molecule has 0 N–H and O–H groups in total. The zero-order chi connectivity index (χ0) is 33.2. The van der Waals surface area contributed by atoms with Gasteiger partial charge in [-0.05, 0) is 192 Å². The molecule has 0 aromatic heterocycles. The molecule has 0 amide bonds. The van der Waals surface area contributed by atoms with Crippen molar-refractivity contribution in [3.8, 4) is 11.1 Å². The maximum absolute atomic E-state index is 2.82. The maximum atomic E-state index is 2.82. The van der Waals surface area contributed by atoms with Crippen LogP contribution in [0.5, 0.6) is 0 Å². The molecule has 13 rings (SSSR count). The predicted octanol–water partition coefficient (Wildman–Crippen LogP) is 13.1. The van der Waals surface area contributed by atoms with Crippen molar-refractivity contribution in [1.29, 1.82) is 0 Å². The molecule has 0 radical (unpaired) electrons. The van der Waals surface area contributed by atoms with Gasteiger partial charge in [-0.15, -0.1) is 0 Å². The highest BCUT2D eigenvalue weighted by Gasteiger charge is 2.56. The third-order valence-electron chi connectivity index (χ3n) is 17.5. The highest BCUT2D eigenvalue weighted by Crippen LogP contribution is 2.68. The first-order chi connectivity index (χ1) is 23.4. The van der Waals surface area contributed by atoms with E-state index in [1.807, 2.05) is 0 Å². The average molecular weight is 651 g/mol. The van der Waals surface area contributed by atoms with Gasteiger partial charge in [-0.25, -0.2) is 0 Å². The van der Waals surface area contributed by atoms with Crippen LogP contribution in [0.2, 0.25) is 0 Å². The van der Waals surface area contributed by atoms with Gasteiger partial charge in [-0.3, -0.25) is 0 Å². The zero-order valence-corrected chi connectivity index (χ0v) is 31.6. The van der Waals surface area contributed by atoms with Crippen LogP contribution in [0.4, 0.5) is 0 Å². The largest absolute Gasteiger partial charge is 0.0622 e. The molecule has 2 aromatic carbocycles. The monoisotopic (exact) mass is 650 g/mol. The number of allylic oxidation sites excluding steroid dienone is 4. The van der Waals surface area contributed by atoms with Gasteiger partial charge in [0.25, 0.3) is 0 Å². The van der Waals surface area contributed by atoms with E-state index in [0.29, 0.717) is 28.6 Å². The van der Waals surface area contributed by atoms with E-state index in [1.54, 1.807) is 50.1 Å². The third kappa shape index (κ3) is 4.22. The highest BCUT2D eigenvalue weighted by atomic mass is 14.6. The fraction of sp³-hybridized carbons (Fsp3) is 0.673. The fourth-order valence-corrected chi connectivity index (χ4v) is 16.1. The Morgan fingerprint density at radius 2 is 1.04 bits per heavy atom. The summed E-state index contributed by atoms with van der Waals surface area (Å²) in [5.74, 6) is 7.78. The fourth-order valence-electron chi connectivity index (χ4n) is 16.1. The lowest BCUT2D eigenvalue weighted by Crippen LogP contribution is -2.48. The number of hydrogen-bond acceptors (Lipinski definition) is 0. The van der Waals surface area contributed by atoms with Crippen LogP contribution in [0.15, 0.2) is 59.2 Å². The summed E-state index contributed by atoms with van der Waals surface area (Å²) in [6.45, 7) is 15.0. The Labute approximate surface area is 298 Å². The summed E-state index contributed by atoms with van der Waals surface area (Å²) >= 11 is 0. The molecule has 0 heteroatoms. The van der Waals surface area contributed by atoms with Gasteiger partial charge in [-0.1, -0.05) is 95.2 Å². The minimum absolute atomic E-state index is 0.141. The van der Waals surface area contributed by atoms with Gasteiger partial charge in [0, 0.05) is 11.3 Å². The van der Waals surface area contributed by atoms with Crippen LogP contribution in [0.25, 0.3) is 11.1 Å². The normalized spacial score (nSPS) is 43.9. The summed E-state index contributed by atoms with van der Waals surface area (Å²) in [5.41, 5.74) is 16.6. The summed E-state index contributed by atoms with van der Waals surface area (Å²) < 4.78 is 0. The van der Waals surface area contributed by atoms with Crippen LogP contribution in [-0.4, -0.2) is 0 Å². The Morgan fingerprint density at radius 1 is 0.612 bits per heavy atom. The predicted molar refractivity (Wildman–Crippen MR) is 204 cm³/mol. The topological polar surface area (TPSA) is 0 Å². The number of benzene rings is 2. The quantitative estimate of drug-likeness (QED) is 0.309. The molecule has 11 aliphatic rings. The van der Waals surface area contributed by atoms with Gasteiger partial charge in [0.1, 0.15) is 0 Å². The molecule has 0 heterocycles. The molecule has 2 unspecified atom stereocenters. The van der Waals surface area contributed by atoms with Crippen LogP contribution >= 0.6 is 0 Å². The Bertz CT molecular complexity index is 1650. The van der Waals surface area contributed by atoms with Crippen molar-refractivity contribution in [3.63, 3.8) is 0 Å². The number of rotatable bonds is 4. The van der Waals surface area contributed by atoms with Gasteiger partial charge in [0.2, 0.25) is 0 Å². The van der Waals surface area contributed by atoms with E-state index in [0.717, 1.165) is 35.5 Å². The molecular formula is C49H62. The first-order valence-corrected chi connectivity index (χ1v) is 21.1. The second-order valence-electron chi connectivity index (χ2n) is 21.9.